The first kappa shape index (κ1) is 11.9. The third-order valence-corrected chi connectivity index (χ3v) is 2.35. The summed E-state index contributed by atoms with van der Waals surface area (Å²) in [6.45, 7) is 1.10. The number of carbonyl (C=O) groups excluding carboxylic acids is 1. The van der Waals surface area contributed by atoms with Crippen LogP contribution in [0.1, 0.15) is 6.92 Å². The molecule has 5 nitrogen and oxygen atoms in total. The van der Waals surface area contributed by atoms with E-state index in [9.17, 15) is 14.7 Å². The lowest BCUT2D eigenvalue weighted by Gasteiger charge is -2.30. The highest BCUT2D eigenvalue weighted by atomic mass is 79.9. The minimum Gasteiger partial charge on any atom is -0.481 e. The van der Waals surface area contributed by atoms with E-state index in [0.29, 0.717) is 4.48 Å². The Kier molecular flexibility index (Phi) is 3.31. The van der Waals surface area contributed by atoms with E-state index in [2.05, 4.69) is 20.7 Å². The Morgan fingerprint density at radius 1 is 1.60 bits per heavy atom. The van der Waals surface area contributed by atoms with Crippen LogP contribution in [0.3, 0.4) is 0 Å². The number of hydrogen-bond donors (Lipinski definition) is 2. The molecule has 0 fully saturated rings. The molecule has 0 heterocycles. The Balaban J connectivity index is 3.02. The number of ether oxygens (including phenoxy) is 1. The number of carboxylic acid groups (broad SMARTS) is 1. The monoisotopic (exact) mass is 276 g/mol. The van der Waals surface area contributed by atoms with Gasteiger partial charge in [-0.3, -0.25) is 9.59 Å². The van der Waals surface area contributed by atoms with Crippen LogP contribution < -0.4 is 0 Å². The van der Waals surface area contributed by atoms with Crippen molar-refractivity contribution >= 4 is 27.9 Å². The summed E-state index contributed by atoms with van der Waals surface area (Å²) in [6.07, 6.45) is 3.80. The molecule has 15 heavy (non-hydrogen) atoms. The average Bonchev–Trinajstić information content (AvgIpc) is 2.08. The second-order valence-electron chi connectivity index (χ2n) is 3.05. The number of carboxylic acids is 1. The average molecular weight is 277 g/mol. The van der Waals surface area contributed by atoms with Crippen molar-refractivity contribution in [1.82, 2.24) is 0 Å². The largest absolute Gasteiger partial charge is 0.481 e. The zero-order valence-corrected chi connectivity index (χ0v) is 9.39. The van der Waals surface area contributed by atoms with Gasteiger partial charge in [-0.1, -0.05) is 15.9 Å². The van der Waals surface area contributed by atoms with Gasteiger partial charge in [-0.15, -0.1) is 0 Å². The molecule has 0 radical (unpaired) electrons. The molecule has 0 bridgehead atoms. The van der Waals surface area contributed by atoms with Crippen molar-refractivity contribution in [3.63, 3.8) is 0 Å². The highest BCUT2D eigenvalue weighted by Crippen LogP contribution is 2.30. The summed E-state index contributed by atoms with van der Waals surface area (Å²) in [4.78, 5) is 21.6. The zero-order chi connectivity index (χ0) is 11.6. The van der Waals surface area contributed by atoms with Crippen LogP contribution in [0.5, 0.6) is 0 Å². The molecule has 0 aromatic carbocycles. The molecule has 0 aromatic heterocycles. The van der Waals surface area contributed by atoms with E-state index in [1.54, 1.807) is 0 Å². The van der Waals surface area contributed by atoms with Crippen LogP contribution in [0, 0.1) is 5.92 Å². The van der Waals surface area contributed by atoms with Gasteiger partial charge in [0.25, 0.3) is 0 Å². The maximum Gasteiger partial charge on any atom is 0.317 e. The maximum atomic E-state index is 10.8. The standard InChI is InChI=1S/C9H9BrO5/c1-5(11)15-9(14)3-2-6(10)4-7(9)8(12)13/h2-4,7,14H,1H3,(H,12,13). The predicted molar refractivity (Wildman–Crippen MR) is 54.0 cm³/mol. The van der Waals surface area contributed by atoms with Crippen molar-refractivity contribution in [2.24, 2.45) is 5.92 Å². The minimum atomic E-state index is -2.12. The van der Waals surface area contributed by atoms with Crippen molar-refractivity contribution in [1.29, 1.82) is 0 Å². The lowest BCUT2D eigenvalue weighted by atomic mass is 9.94. The lowest BCUT2D eigenvalue weighted by molar-refractivity contribution is -0.205. The number of carbonyl (C=O) groups is 2. The van der Waals surface area contributed by atoms with Crippen molar-refractivity contribution in [2.45, 2.75) is 12.7 Å². The summed E-state index contributed by atoms with van der Waals surface area (Å²) in [6, 6.07) is 0. The van der Waals surface area contributed by atoms with Gasteiger partial charge in [0.05, 0.1) is 0 Å². The Morgan fingerprint density at radius 3 is 2.67 bits per heavy atom. The number of esters is 1. The maximum absolute atomic E-state index is 10.8. The zero-order valence-electron chi connectivity index (χ0n) is 7.81. The van der Waals surface area contributed by atoms with E-state index in [1.165, 1.54) is 12.2 Å². The van der Waals surface area contributed by atoms with Gasteiger partial charge in [0.2, 0.25) is 5.79 Å². The van der Waals surface area contributed by atoms with Crippen molar-refractivity contribution in [3.05, 3.63) is 22.7 Å². The van der Waals surface area contributed by atoms with Crippen LogP contribution in [0.15, 0.2) is 22.7 Å². The van der Waals surface area contributed by atoms with Gasteiger partial charge in [-0.2, -0.15) is 0 Å². The molecule has 0 spiro atoms. The molecule has 2 atom stereocenters. The number of halogens is 1. The highest BCUT2D eigenvalue weighted by molar-refractivity contribution is 9.11. The van der Waals surface area contributed by atoms with Crippen LogP contribution in [0.25, 0.3) is 0 Å². The number of rotatable bonds is 2. The molecule has 1 rings (SSSR count). The third-order valence-electron chi connectivity index (χ3n) is 1.83. The molecule has 82 valence electrons. The number of aliphatic carboxylic acids is 1. The van der Waals surface area contributed by atoms with E-state index >= 15 is 0 Å². The molecule has 0 aliphatic heterocycles. The first-order valence-electron chi connectivity index (χ1n) is 4.06. The van der Waals surface area contributed by atoms with Gasteiger partial charge in [0.15, 0.2) is 0 Å². The van der Waals surface area contributed by atoms with Crippen molar-refractivity contribution < 1.29 is 24.5 Å². The first-order chi connectivity index (χ1) is 6.85. The number of hydrogen-bond acceptors (Lipinski definition) is 4. The van der Waals surface area contributed by atoms with Gasteiger partial charge in [-0.05, 0) is 18.2 Å². The summed E-state index contributed by atoms with van der Waals surface area (Å²) >= 11 is 3.07. The van der Waals surface area contributed by atoms with Gasteiger partial charge in [-0.25, -0.2) is 0 Å². The molecule has 0 saturated heterocycles. The fraction of sp³-hybridized carbons (Fsp3) is 0.333. The van der Waals surface area contributed by atoms with E-state index < -0.39 is 23.6 Å². The summed E-state index contributed by atoms with van der Waals surface area (Å²) in [5.41, 5.74) is 0. The topological polar surface area (TPSA) is 83.8 Å². The van der Waals surface area contributed by atoms with Crippen LogP contribution in [0.2, 0.25) is 0 Å². The minimum absolute atomic E-state index is 0.506. The molecule has 0 amide bonds. The Bertz CT molecular complexity index is 360. The van der Waals surface area contributed by atoms with Crippen molar-refractivity contribution in [2.75, 3.05) is 0 Å². The Labute approximate surface area is 94.2 Å². The molecule has 0 aromatic rings. The fourth-order valence-electron chi connectivity index (χ4n) is 1.21. The van der Waals surface area contributed by atoms with E-state index in [1.807, 2.05) is 0 Å². The normalized spacial score (nSPS) is 29.5. The highest BCUT2D eigenvalue weighted by Gasteiger charge is 2.43. The van der Waals surface area contributed by atoms with E-state index in [-0.39, 0.29) is 0 Å². The van der Waals surface area contributed by atoms with Crippen LogP contribution in [0.4, 0.5) is 0 Å². The predicted octanol–water partition coefficient (Wildman–Crippen LogP) is 0.788. The summed E-state index contributed by atoms with van der Waals surface area (Å²) in [7, 11) is 0. The Morgan fingerprint density at radius 2 is 2.20 bits per heavy atom. The smallest absolute Gasteiger partial charge is 0.317 e. The van der Waals surface area contributed by atoms with E-state index in [0.717, 1.165) is 13.0 Å². The second-order valence-corrected chi connectivity index (χ2v) is 3.96. The number of aliphatic hydroxyl groups is 1. The Hall–Kier alpha value is -1.14. The molecule has 1 aliphatic rings. The van der Waals surface area contributed by atoms with Crippen LogP contribution >= 0.6 is 15.9 Å². The number of allylic oxidation sites excluding steroid dienone is 2. The van der Waals surface area contributed by atoms with Gasteiger partial charge in [0.1, 0.15) is 5.92 Å². The molecule has 1 aliphatic carbocycles. The summed E-state index contributed by atoms with van der Waals surface area (Å²) in [5.74, 6) is -5.46. The summed E-state index contributed by atoms with van der Waals surface area (Å²) < 4.78 is 5.09. The van der Waals surface area contributed by atoms with Gasteiger partial charge < -0.3 is 14.9 Å². The third kappa shape index (κ3) is 2.66. The van der Waals surface area contributed by atoms with Gasteiger partial charge >= 0.3 is 11.9 Å². The van der Waals surface area contributed by atoms with Gasteiger partial charge in [0, 0.05) is 11.4 Å². The first-order valence-corrected chi connectivity index (χ1v) is 4.86. The fourth-order valence-corrected chi connectivity index (χ4v) is 1.61. The molecule has 6 heteroatoms. The molecular weight excluding hydrogens is 268 g/mol. The van der Waals surface area contributed by atoms with Crippen LogP contribution in [-0.2, 0) is 14.3 Å². The molecule has 2 unspecified atom stereocenters. The SMILES string of the molecule is CC(=O)OC1(O)C=CC(Br)=CC1C(=O)O. The second kappa shape index (κ2) is 4.16. The van der Waals surface area contributed by atoms with Crippen LogP contribution in [-0.4, -0.2) is 27.9 Å². The lowest BCUT2D eigenvalue weighted by Crippen LogP contribution is -2.44. The molecule has 2 N–H and O–H groups in total. The van der Waals surface area contributed by atoms with Crippen molar-refractivity contribution in [3.8, 4) is 0 Å². The van der Waals surface area contributed by atoms with E-state index in [4.69, 9.17) is 5.11 Å². The summed E-state index contributed by atoms with van der Waals surface area (Å²) in [5, 5.41) is 18.7. The molecular formula is C9H9BrO5. The molecule has 0 saturated carbocycles. The quantitative estimate of drug-likeness (QED) is 0.575.